The molecule has 2 saturated heterocycles. The normalized spacial score (nSPS) is 27.8. The molecule has 9 heteroatoms. The van der Waals surface area contributed by atoms with Crippen LogP contribution in [0.5, 0.6) is 0 Å². The van der Waals surface area contributed by atoms with Crippen LogP contribution in [0, 0.1) is 17.2 Å². The van der Waals surface area contributed by atoms with E-state index in [2.05, 4.69) is 11.4 Å². The predicted molar refractivity (Wildman–Crippen MR) is 103 cm³/mol. The Morgan fingerprint density at radius 3 is 2.16 bits per heavy atom. The molecule has 4 rings (SSSR count). The summed E-state index contributed by atoms with van der Waals surface area (Å²) >= 11 is 0. The summed E-state index contributed by atoms with van der Waals surface area (Å²) in [5, 5.41) is 13.3. The van der Waals surface area contributed by atoms with Gasteiger partial charge in [0, 0.05) is 6.04 Å². The fourth-order valence-electron chi connectivity index (χ4n) is 4.91. The van der Waals surface area contributed by atoms with Gasteiger partial charge in [0.05, 0.1) is 41.4 Å². The number of rotatable bonds is 4. The van der Waals surface area contributed by atoms with Crippen molar-refractivity contribution < 1.29 is 31.1 Å². The molecular weight excluding hydrogens is 434 g/mol. The molecular formula is C23H20F6N2O. The highest BCUT2D eigenvalue weighted by Gasteiger charge is 2.56. The van der Waals surface area contributed by atoms with Crippen LogP contribution in [0.2, 0.25) is 0 Å². The fraction of sp³-hybridized carbons (Fsp3) is 0.435. The molecule has 1 N–H and O–H groups in total. The van der Waals surface area contributed by atoms with Crippen LogP contribution < -0.4 is 5.32 Å². The van der Waals surface area contributed by atoms with Crippen LogP contribution in [-0.4, -0.2) is 12.1 Å². The van der Waals surface area contributed by atoms with Crippen LogP contribution in [0.4, 0.5) is 26.3 Å². The van der Waals surface area contributed by atoms with Crippen LogP contribution >= 0.6 is 0 Å². The molecule has 4 unspecified atom stereocenters. The third-order valence-corrected chi connectivity index (χ3v) is 6.30. The number of nitriles is 1. The van der Waals surface area contributed by atoms with E-state index in [1.165, 1.54) is 0 Å². The van der Waals surface area contributed by atoms with Crippen molar-refractivity contribution in [1.82, 2.24) is 5.32 Å². The molecule has 2 aliphatic rings. The second-order valence-corrected chi connectivity index (χ2v) is 8.28. The number of benzene rings is 2. The molecule has 0 saturated carbocycles. The molecule has 4 atom stereocenters. The van der Waals surface area contributed by atoms with Gasteiger partial charge in [-0.1, -0.05) is 30.3 Å². The SMILES string of the molecule is N#CC1CC2CCC(OCc3cc(C(F)(F)F)cc(C(F)(F)F)c3)C1(c1ccccc1)N2. The molecule has 0 aromatic heterocycles. The van der Waals surface area contributed by atoms with Gasteiger partial charge in [0.1, 0.15) is 0 Å². The largest absolute Gasteiger partial charge is 0.416 e. The summed E-state index contributed by atoms with van der Waals surface area (Å²) in [6, 6.07) is 13.1. The smallest absolute Gasteiger partial charge is 0.371 e. The first kappa shape index (κ1) is 22.6. The van der Waals surface area contributed by atoms with Crippen LogP contribution in [-0.2, 0) is 29.2 Å². The Labute approximate surface area is 181 Å². The average Bonchev–Trinajstić information content (AvgIpc) is 3.05. The summed E-state index contributed by atoms with van der Waals surface area (Å²) in [6.45, 7) is -0.434. The number of nitrogens with one attached hydrogen (secondary N) is 1. The van der Waals surface area contributed by atoms with Crippen molar-refractivity contribution in [1.29, 1.82) is 5.26 Å². The zero-order valence-corrected chi connectivity index (χ0v) is 16.8. The van der Waals surface area contributed by atoms with E-state index >= 15 is 0 Å². The third-order valence-electron chi connectivity index (χ3n) is 6.30. The molecule has 2 fully saturated rings. The highest BCUT2D eigenvalue weighted by Crippen LogP contribution is 2.48. The number of piperidine rings is 1. The van der Waals surface area contributed by atoms with Gasteiger partial charge in [0.25, 0.3) is 0 Å². The Morgan fingerprint density at radius 2 is 1.59 bits per heavy atom. The second-order valence-electron chi connectivity index (χ2n) is 8.28. The maximum absolute atomic E-state index is 13.2. The van der Waals surface area contributed by atoms with Crippen molar-refractivity contribution in [2.45, 2.75) is 55.9 Å². The Bertz CT molecular complexity index is 982. The number of halogens is 6. The van der Waals surface area contributed by atoms with Crippen molar-refractivity contribution in [3.63, 3.8) is 0 Å². The Balaban J connectivity index is 1.66. The summed E-state index contributed by atoms with van der Waals surface area (Å²) in [5.41, 5.74) is -3.02. The van der Waals surface area contributed by atoms with Gasteiger partial charge in [-0.15, -0.1) is 0 Å². The summed E-state index contributed by atoms with van der Waals surface area (Å²) in [4.78, 5) is 0. The van der Waals surface area contributed by atoms with Crippen molar-refractivity contribution in [3.8, 4) is 6.07 Å². The lowest BCUT2D eigenvalue weighted by molar-refractivity contribution is -0.143. The van der Waals surface area contributed by atoms with E-state index in [1.54, 1.807) is 0 Å². The zero-order chi connectivity index (χ0) is 23.1. The zero-order valence-electron chi connectivity index (χ0n) is 16.8. The lowest BCUT2D eigenvalue weighted by Crippen LogP contribution is -2.56. The maximum Gasteiger partial charge on any atom is 0.416 e. The number of hydrogen-bond acceptors (Lipinski definition) is 3. The third kappa shape index (κ3) is 4.09. The average molecular weight is 454 g/mol. The maximum atomic E-state index is 13.2. The van der Waals surface area contributed by atoms with Crippen molar-refractivity contribution in [3.05, 3.63) is 70.8 Å². The van der Waals surface area contributed by atoms with E-state index < -0.39 is 47.6 Å². The van der Waals surface area contributed by atoms with E-state index in [-0.39, 0.29) is 17.7 Å². The van der Waals surface area contributed by atoms with E-state index in [1.807, 2.05) is 30.3 Å². The standard InChI is InChI=1S/C23H20F6N2O/c24-22(25,26)16-8-14(9-17(10-16)23(27,28)29)13-32-20-7-6-19-11-18(12-30)21(20,31-19)15-4-2-1-3-5-15/h1-5,8-10,18-20,31H,6-7,11,13H2. The number of alkyl halides is 6. The first-order chi connectivity index (χ1) is 15.0. The van der Waals surface area contributed by atoms with Gasteiger partial charge >= 0.3 is 12.4 Å². The number of nitrogens with zero attached hydrogens (tertiary/aromatic N) is 1. The monoisotopic (exact) mass is 454 g/mol. The fourth-order valence-corrected chi connectivity index (χ4v) is 4.91. The van der Waals surface area contributed by atoms with Crippen molar-refractivity contribution in [2.75, 3.05) is 0 Å². The van der Waals surface area contributed by atoms with Crippen LogP contribution in [0.25, 0.3) is 0 Å². The molecule has 2 aromatic carbocycles. The van der Waals surface area contributed by atoms with Gasteiger partial charge in [-0.05, 0) is 48.6 Å². The number of ether oxygens (including phenoxy) is 1. The molecule has 2 aromatic rings. The van der Waals surface area contributed by atoms with Gasteiger partial charge in [-0.25, -0.2) is 0 Å². The first-order valence-electron chi connectivity index (χ1n) is 10.2. The summed E-state index contributed by atoms with van der Waals surface area (Å²) in [7, 11) is 0. The van der Waals surface area contributed by atoms with E-state index in [0.29, 0.717) is 31.4 Å². The van der Waals surface area contributed by atoms with E-state index in [9.17, 15) is 31.6 Å². The Morgan fingerprint density at radius 1 is 0.969 bits per heavy atom. The van der Waals surface area contributed by atoms with Gasteiger partial charge in [0.2, 0.25) is 0 Å². The van der Waals surface area contributed by atoms with E-state index in [0.717, 1.165) is 5.56 Å². The predicted octanol–water partition coefficient (Wildman–Crippen LogP) is 5.80. The molecule has 2 heterocycles. The first-order valence-corrected chi connectivity index (χ1v) is 10.2. The Hall–Kier alpha value is -2.57. The molecule has 2 aliphatic heterocycles. The van der Waals surface area contributed by atoms with Gasteiger partial charge < -0.3 is 10.1 Å². The molecule has 0 radical (unpaired) electrons. The molecule has 0 amide bonds. The molecule has 32 heavy (non-hydrogen) atoms. The Kier molecular flexibility index (Phi) is 5.72. The summed E-state index contributed by atoms with van der Waals surface area (Å²) < 4.78 is 85.0. The van der Waals surface area contributed by atoms with Crippen LogP contribution in [0.3, 0.4) is 0 Å². The minimum atomic E-state index is -4.92. The molecule has 0 aliphatic carbocycles. The lowest BCUT2D eigenvalue weighted by atomic mass is 9.75. The van der Waals surface area contributed by atoms with Gasteiger partial charge in [-0.2, -0.15) is 31.6 Å². The number of hydrogen-bond donors (Lipinski definition) is 1. The lowest BCUT2D eigenvalue weighted by Gasteiger charge is -2.43. The molecule has 3 nitrogen and oxygen atoms in total. The second kappa shape index (κ2) is 8.09. The van der Waals surface area contributed by atoms with Gasteiger partial charge in [0.15, 0.2) is 0 Å². The van der Waals surface area contributed by atoms with Gasteiger partial charge in [-0.3, -0.25) is 0 Å². The highest BCUT2D eigenvalue weighted by molar-refractivity contribution is 5.35. The molecule has 2 bridgehead atoms. The van der Waals surface area contributed by atoms with Crippen LogP contribution in [0.15, 0.2) is 48.5 Å². The minimum absolute atomic E-state index is 0.102. The topological polar surface area (TPSA) is 45.0 Å². The molecule has 0 spiro atoms. The van der Waals surface area contributed by atoms with Crippen LogP contribution in [0.1, 0.15) is 41.5 Å². The number of fused-ring (bicyclic) bond motifs is 2. The van der Waals surface area contributed by atoms with E-state index in [4.69, 9.17) is 4.74 Å². The summed E-state index contributed by atoms with van der Waals surface area (Å²) in [5.74, 6) is -0.436. The minimum Gasteiger partial charge on any atom is -0.371 e. The highest BCUT2D eigenvalue weighted by atomic mass is 19.4. The quantitative estimate of drug-likeness (QED) is 0.594. The summed E-state index contributed by atoms with van der Waals surface area (Å²) in [6.07, 6.45) is -8.58. The molecule has 170 valence electrons. The van der Waals surface area contributed by atoms with Crippen molar-refractivity contribution >= 4 is 0 Å². The van der Waals surface area contributed by atoms with Crippen molar-refractivity contribution in [2.24, 2.45) is 5.92 Å².